The highest BCUT2D eigenvalue weighted by Gasteiger charge is 2.33. The van der Waals surface area contributed by atoms with Gasteiger partial charge in [-0.3, -0.25) is 0 Å². The van der Waals surface area contributed by atoms with Crippen molar-refractivity contribution in [2.24, 2.45) is 4.99 Å². The van der Waals surface area contributed by atoms with E-state index in [2.05, 4.69) is 51.8 Å². The molecule has 142 valence electrons. The quantitative estimate of drug-likeness (QED) is 0.560. The van der Waals surface area contributed by atoms with Gasteiger partial charge in [-0.25, -0.2) is 9.98 Å². The van der Waals surface area contributed by atoms with E-state index < -0.39 is 11.9 Å². The van der Waals surface area contributed by atoms with Crippen LogP contribution in [0.15, 0.2) is 34.6 Å². The van der Waals surface area contributed by atoms with Gasteiger partial charge in [0.2, 0.25) is 0 Å². The van der Waals surface area contributed by atoms with Gasteiger partial charge in [0.05, 0.1) is 6.54 Å². The molecule has 0 unspecified atom stereocenters. The molecule has 0 saturated heterocycles. The Kier molecular flexibility index (Phi) is 7.44. The predicted molar refractivity (Wildman–Crippen MR) is 99.5 cm³/mol. The van der Waals surface area contributed by atoms with E-state index in [0.29, 0.717) is 24.1 Å². The maximum Gasteiger partial charge on any atom is 0.434 e. The zero-order chi connectivity index (χ0) is 19.0. The maximum atomic E-state index is 12.6. The van der Waals surface area contributed by atoms with Gasteiger partial charge in [-0.15, -0.1) is 11.3 Å². The largest absolute Gasteiger partial charge is 0.434 e. The minimum absolute atomic E-state index is 0.112. The lowest BCUT2D eigenvalue weighted by atomic mass is 10.1. The van der Waals surface area contributed by atoms with Crippen LogP contribution in [-0.2, 0) is 25.6 Å². The molecule has 1 aromatic carbocycles. The number of alkyl halides is 3. The molecule has 8 heteroatoms. The highest BCUT2D eigenvalue weighted by atomic mass is 32.1. The second-order valence-electron chi connectivity index (χ2n) is 5.67. The van der Waals surface area contributed by atoms with Crippen molar-refractivity contribution >= 4 is 17.3 Å². The highest BCUT2D eigenvalue weighted by molar-refractivity contribution is 7.09. The standard InChI is InChI=1S/C18H23F3N4S/c1-3-13-5-7-14(8-6-13)9-10-23-17(22-4-2)24-11-16-25-15(12-26-16)18(19,20)21/h5-8,12H,3-4,9-11H2,1-2H3,(H2,22,23,24). The van der Waals surface area contributed by atoms with Gasteiger partial charge in [0.25, 0.3) is 0 Å². The topological polar surface area (TPSA) is 49.3 Å². The van der Waals surface area contributed by atoms with Gasteiger partial charge < -0.3 is 10.6 Å². The van der Waals surface area contributed by atoms with Gasteiger partial charge >= 0.3 is 6.18 Å². The normalized spacial score (nSPS) is 12.3. The van der Waals surface area contributed by atoms with Crippen molar-refractivity contribution in [3.8, 4) is 0 Å². The average molecular weight is 384 g/mol. The van der Waals surface area contributed by atoms with Crippen LogP contribution in [0.4, 0.5) is 13.2 Å². The zero-order valence-corrected chi connectivity index (χ0v) is 15.7. The molecule has 2 aromatic rings. The van der Waals surface area contributed by atoms with Crippen molar-refractivity contribution in [3.05, 3.63) is 51.5 Å². The van der Waals surface area contributed by atoms with Crippen LogP contribution < -0.4 is 10.6 Å². The summed E-state index contributed by atoms with van der Waals surface area (Å²) in [5.41, 5.74) is 1.67. The summed E-state index contributed by atoms with van der Waals surface area (Å²) in [5, 5.41) is 7.64. The molecule has 0 aliphatic heterocycles. The third kappa shape index (κ3) is 6.33. The first-order valence-corrected chi connectivity index (χ1v) is 9.42. The number of benzene rings is 1. The van der Waals surface area contributed by atoms with Crippen LogP contribution in [0.3, 0.4) is 0 Å². The summed E-state index contributed by atoms with van der Waals surface area (Å²) in [5.74, 6) is 0.571. The molecular formula is C18H23F3N4S. The summed E-state index contributed by atoms with van der Waals surface area (Å²) in [6.07, 6.45) is -2.55. The maximum absolute atomic E-state index is 12.6. The molecule has 26 heavy (non-hydrogen) atoms. The molecule has 0 bridgehead atoms. The van der Waals surface area contributed by atoms with E-state index in [1.54, 1.807) is 0 Å². The summed E-state index contributed by atoms with van der Waals surface area (Å²) >= 11 is 0.967. The van der Waals surface area contributed by atoms with E-state index >= 15 is 0 Å². The van der Waals surface area contributed by atoms with Crippen molar-refractivity contribution in [2.45, 2.75) is 39.4 Å². The molecule has 1 heterocycles. The molecule has 0 fully saturated rings. The van der Waals surface area contributed by atoms with E-state index in [1.807, 2.05) is 6.92 Å². The Balaban J connectivity index is 1.88. The molecule has 0 aliphatic rings. The van der Waals surface area contributed by atoms with E-state index in [1.165, 1.54) is 11.1 Å². The van der Waals surface area contributed by atoms with Gasteiger partial charge in [-0.2, -0.15) is 13.2 Å². The molecule has 0 aliphatic carbocycles. The van der Waals surface area contributed by atoms with Gasteiger partial charge in [0, 0.05) is 18.5 Å². The average Bonchev–Trinajstić information content (AvgIpc) is 3.10. The molecule has 4 nitrogen and oxygen atoms in total. The zero-order valence-electron chi connectivity index (χ0n) is 14.9. The Morgan fingerprint density at radius 2 is 1.81 bits per heavy atom. The highest BCUT2D eigenvalue weighted by Crippen LogP contribution is 2.30. The van der Waals surface area contributed by atoms with E-state index in [9.17, 15) is 13.2 Å². The Hall–Kier alpha value is -2.09. The number of guanidine groups is 1. The summed E-state index contributed by atoms with van der Waals surface area (Å²) in [7, 11) is 0. The predicted octanol–water partition coefficient (Wildman–Crippen LogP) is 4.02. The first-order valence-electron chi connectivity index (χ1n) is 8.54. The molecular weight excluding hydrogens is 361 g/mol. The van der Waals surface area contributed by atoms with E-state index in [0.717, 1.165) is 29.6 Å². The number of aromatic nitrogens is 1. The lowest BCUT2D eigenvalue weighted by Crippen LogP contribution is -2.38. The first-order chi connectivity index (χ1) is 12.4. The number of hydrogen-bond acceptors (Lipinski definition) is 3. The van der Waals surface area contributed by atoms with Crippen LogP contribution in [0.1, 0.15) is 35.7 Å². The number of halogens is 3. The summed E-state index contributed by atoms with van der Waals surface area (Å²) in [4.78, 5) is 7.90. The molecule has 2 N–H and O–H groups in total. The number of nitrogens with one attached hydrogen (secondary N) is 2. The second kappa shape index (κ2) is 9.56. The number of hydrogen-bond donors (Lipinski definition) is 2. The SMILES string of the molecule is CCNC(=NCc1nc(C(F)(F)F)cs1)NCCc1ccc(CC)cc1. The Labute approximate surface area is 155 Å². The van der Waals surface area contributed by atoms with E-state index in [-0.39, 0.29) is 6.54 Å². The van der Waals surface area contributed by atoms with Crippen molar-refractivity contribution in [1.82, 2.24) is 15.6 Å². The number of rotatable bonds is 7. The molecule has 1 aromatic heterocycles. The second-order valence-corrected chi connectivity index (χ2v) is 6.61. The van der Waals surface area contributed by atoms with Gasteiger partial charge in [-0.05, 0) is 30.9 Å². The van der Waals surface area contributed by atoms with Gasteiger partial charge in [0.1, 0.15) is 5.01 Å². The molecule has 0 spiro atoms. The minimum atomic E-state index is -4.41. The van der Waals surface area contributed by atoms with E-state index in [4.69, 9.17) is 0 Å². The molecule has 0 amide bonds. The number of nitrogens with zero attached hydrogens (tertiary/aromatic N) is 2. The Morgan fingerprint density at radius 1 is 1.12 bits per heavy atom. The van der Waals surface area contributed by atoms with Crippen LogP contribution >= 0.6 is 11.3 Å². The van der Waals surface area contributed by atoms with Crippen LogP contribution in [0.2, 0.25) is 0 Å². The van der Waals surface area contributed by atoms with Crippen LogP contribution in [0.25, 0.3) is 0 Å². The molecule has 0 atom stereocenters. The summed E-state index contributed by atoms with van der Waals surface area (Å²) < 4.78 is 37.7. The smallest absolute Gasteiger partial charge is 0.357 e. The Bertz CT molecular complexity index is 708. The first kappa shape index (κ1) is 20.2. The lowest BCUT2D eigenvalue weighted by Gasteiger charge is -2.11. The fraction of sp³-hybridized carbons (Fsp3) is 0.444. The van der Waals surface area contributed by atoms with Crippen molar-refractivity contribution in [2.75, 3.05) is 13.1 Å². The fourth-order valence-electron chi connectivity index (χ4n) is 2.27. The van der Waals surface area contributed by atoms with Gasteiger partial charge in [0.15, 0.2) is 11.7 Å². The number of aryl methyl sites for hydroxylation is 1. The van der Waals surface area contributed by atoms with Crippen LogP contribution in [0, 0.1) is 0 Å². The fourth-order valence-corrected chi connectivity index (χ4v) is 2.99. The number of thiazole rings is 1. The van der Waals surface area contributed by atoms with Crippen LogP contribution in [0.5, 0.6) is 0 Å². The Morgan fingerprint density at radius 3 is 2.38 bits per heavy atom. The van der Waals surface area contributed by atoms with Crippen molar-refractivity contribution < 1.29 is 13.2 Å². The minimum Gasteiger partial charge on any atom is -0.357 e. The van der Waals surface area contributed by atoms with Crippen molar-refractivity contribution in [1.29, 1.82) is 0 Å². The third-order valence-electron chi connectivity index (χ3n) is 3.70. The molecule has 2 rings (SSSR count). The summed E-state index contributed by atoms with van der Waals surface area (Å²) in [6.45, 7) is 5.52. The lowest BCUT2D eigenvalue weighted by molar-refractivity contribution is -0.140. The summed E-state index contributed by atoms with van der Waals surface area (Å²) in [6, 6.07) is 8.46. The van der Waals surface area contributed by atoms with Gasteiger partial charge in [-0.1, -0.05) is 31.2 Å². The molecule has 0 radical (unpaired) electrons. The monoisotopic (exact) mass is 384 g/mol. The van der Waals surface area contributed by atoms with Crippen molar-refractivity contribution in [3.63, 3.8) is 0 Å². The van der Waals surface area contributed by atoms with Crippen LogP contribution in [-0.4, -0.2) is 24.0 Å². The molecule has 0 saturated carbocycles. The number of aliphatic imine (C=N–C) groups is 1. The third-order valence-corrected chi connectivity index (χ3v) is 4.53.